The minimum atomic E-state index is -1.36. The molecule has 2 aliphatic heterocycles. The van der Waals surface area contributed by atoms with E-state index in [1.54, 1.807) is 18.2 Å². The molecule has 1 atom stereocenters. The molecular formula is C18H22N4O6. The third-order valence-corrected chi connectivity index (χ3v) is 4.45. The van der Waals surface area contributed by atoms with E-state index >= 15 is 0 Å². The van der Waals surface area contributed by atoms with Crippen LogP contribution >= 0.6 is 0 Å². The second-order valence-electron chi connectivity index (χ2n) is 7.17. The number of hydrogen-bond acceptors (Lipinski definition) is 6. The monoisotopic (exact) mass is 390 g/mol. The van der Waals surface area contributed by atoms with Gasteiger partial charge < -0.3 is 20.1 Å². The fourth-order valence-electron chi connectivity index (χ4n) is 2.89. The van der Waals surface area contributed by atoms with Crippen LogP contribution in [0.4, 0.5) is 9.59 Å². The Bertz CT molecular complexity index is 839. The van der Waals surface area contributed by atoms with E-state index in [1.807, 2.05) is 13.8 Å². The van der Waals surface area contributed by atoms with Crippen molar-refractivity contribution in [1.29, 1.82) is 0 Å². The third kappa shape index (κ3) is 3.71. The highest BCUT2D eigenvalue weighted by Crippen LogP contribution is 2.37. The molecule has 10 nitrogen and oxygen atoms in total. The van der Waals surface area contributed by atoms with E-state index < -0.39 is 36.0 Å². The van der Waals surface area contributed by atoms with Gasteiger partial charge in [0.1, 0.15) is 12.1 Å². The van der Waals surface area contributed by atoms with Crippen molar-refractivity contribution < 1.29 is 28.7 Å². The number of carbonyl (C=O) groups excluding carboxylic acids is 4. The Morgan fingerprint density at radius 1 is 1.25 bits per heavy atom. The fraction of sp³-hybridized carbons (Fsp3) is 0.444. The quantitative estimate of drug-likeness (QED) is 0.634. The van der Waals surface area contributed by atoms with Gasteiger partial charge in [-0.25, -0.2) is 9.59 Å². The van der Waals surface area contributed by atoms with Crippen LogP contribution in [0, 0.1) is 5.92 Å². The van der Waals surface area contributed by atoms with Crippen molar-refractivity contribution in [2.75, 3.05) is 19.9 Å². The summed E-state index contributed by atoms with van der Waals surface area (Å²) in [5.74, 6) is -0.130. The van der Waals surface area contributed by atoms with Crippen LogP contribution in [0.15, 0.2) is 18.2 Å². The van der Waals surface area contributed by atoms with Crippen LogP contribution in [0.25, 0.3) is 0 Å². The first kappa shape index (κ1) is 19.5. The molecule has 0 aromatic heterocycles. The van der Waals surface area contributed by atoms with Crippen LogP contribution in [0.1, 0.15) is 26.3 Å². The van der Waals surface area contributed by atoms with Crippen molar-refractivity contribution in [2.24, 2.45) is 5.92 Å². The SMILES string of the molecule is CC(C)CNC(=O)NC(=O)CN1C(=O)N[C@](C)(c2ccc3c(c2)OCO3)C1=O. The largest absolute Gasteiger partial charge is 0.454 e. The fourth-order valence-corrected chi connectivity index (χ4v) is 2.89. The zero-order valence-corrected chi connectivity index (χ0v) is 15.8. The van der Waals surface area contributed by atoms with E-state index in [9.17, 15) is 19.2 Å². The number of imide groups is 2. The van der Waals surface area contributed by atoms with Crippen LogP contribution in [-0.2, 0) is 15.1 Å². The van der Waals surface area contributed by atoms with Crippen LogP contribution in [0.3, 0.4) is 0 Å². The number of benzene rings is 1. The molecule has 2 aliphatic rings. The molecule has 0 saturated carbocycles. The van der Waals surface area contributed by atoms with Gasteiger partial charge >= 0.3 is 12.1 Å². The number of carbonyl (C=O) groups is 4. The molecule has 1 fully saturated rings. The van der Waals surface area contributed by atoms with Gasteiger partial charge in [-0.15, -0.1) is 0 Å². The molecule has 2 heterocycles. The van der Waals surface area contributed by atoms with Crippen molar-refractivity contribution in [3.05, 3.63) is 23.8 Å². The average molecular weight is 390 g/mol. The van der Waals surface area contributed by atoms with E-state index in [0.29, 0.717) is 23.6 Å². The van der Waals surface area contributed by atoms with Gasteiger partial charge in [0.25, 0.3) is 5.91 Å². The van der Waals surface area contributed by atoms with Crippen molar-refractivity contribution >= 4 is 23.9 Å². The normalized spacial score (nSPS) is 20.4. The summed E-state index contributed by atoms with van der Waals surface area (Å²) in [6.07, 6.45) is 0. The van der Waals surface area contributed by atoms with Gasteiger partial charge in [0.2, 0.25) is 12.7 Å². The average Bonchev–Trinajstić information content (AvgIpc) is 3.18. The molecule has 1 aromatic rings. The molecule has 0 spiro atoms. The molecule has 3 N–H and O–H groups in total. The Hall–Kier alpha value is -3.30. The van der Waals surface area contributed by atoms with E-state index in [2.05, 4.69) is 16.0 Å². The van der Waals surface area contributed by atoms with Gasteiger partial charge in [-0.3, -0.25) is 19.8 Å². The summed E-state index contributed by atoms with van der Waals surface area (Å²) in [6.45, 7) is 5.27. The number of rotatable bonds is 5. The number of urea groups is 2. The number of hydrogen-bond donors (Lipinski definition) is 3. The van der Waals surface area contributed by atoms with Gasteiger partial charge in [0.05, 0.1) is 0 Å². The first-order valence-electron chi connectivity index (χ1n) is 8.82. The second kappa shape index (κ2) is 7.37. The lowest BCUT2D eigenvalue weighted by Crippen LogP contribution is -2.47. The lowest BCUT2D eigenvalue weighted by Gasteiger charge is -2.22. The minimum Gasteiger partial charge on any atom is -0.454 e. The number of amides is 6. The Labute approximate surface area is 161 Å². The highest BCUT2D eigenvalue weighted by molar-refractivity contribution is 6.10. The molecule has 28 heavy (non-hydrogen) atoms. The maximum Gasteiger partial charge on any atom is 0.325 e. The third-order valence-electron chi connectivity index (χ3n) is 4.45. The molecule has 10 heteroatoms. The molecule has 0 aliphatic carbocycles. The van der Waals surface area contributed by atoms with Gasteiger partial charge in [-0.05, 0) is 30.5 Å². The van der Waals surface area contributed by atoms with Crippen molar-refractivity contribution in [2.45, 2.75) is 26.3 Å². The molecule has 150 valence electrons. The summed E-state index contributed by atoms with van der Waals surface area (Å²) >= 11 is 0. The highest BCUT2D eigenvalue weighted by atomic mass is 16.7. The smallest absolute Gasteiger partial charge is 0.325 e. The first-order valence-corrected chi connectivity index (χ1v) is 8.82. The van der Waals surface area contributed by atoms with Gasteiger partial charge in [-0.2, -0.15) is 0 Å². The van der Waals surface area contributed by atoms with E-state index in [4.69, 9.17) is 9.47 Å². The molecule has 1 aromatic carbocycles. The van der Waals surface area contributed by atoms with Crippen molar-refractivity contribution in [1.82, 2.24) is 20.9 Å². The first-order chi connectivity index (χ1) is 13.2. The van der Waals surface area contributed by atoms with Crippen molar-refractivity contribution in [3.8, 4) is 11.5 Å². The number of fused-ring (bicyclic) bond motifs is 1. The molecule has 0 unspecified atom stereocenters. The Kier molecular flexibility index (Phi) is 5.12. The Morgan fingerprint density at radius 2 is 1.96 bits per heavy atom. The maximum atomic E-state index is 12.9. The lowest BCUT2D eigenvalue weighted by molar-refractivity contribution is -0.134. The molecule has 3 rings (SSSR count). The predicted molar refractivity (Wildman–Crippen MR) is 96.5 cm³/mol. The van der Waals surface area contributed by atoms with Gasteiger partial charge in [0.15, 0.2) is 11.5 Å². The number of nitrogens with zero attached hydrogens (tertiary/aromatic N) is 1. The zero-order valence-electron chi connectivity index (χ0n) is 15.8. The van der Waals surface area contributed by atoms with E-state index in [-0.39, 0.29) is 12.7 Å². The molecule has 1 saturated heterocycles. The Morgan fingerprint density at radius 3 is 2.68 bits per heavy atom. The maximum absolute atomic E-state index is 12.9. The second-order valence-corrected chi connectivity index (χ2v) is 7.17. The summed E-state index contributed by atoms with van der Waals surface area (Å²) in [5.41, 5.74) is -0.870. The summed E-state index contributed by atoms with van der Waals surface area (Å²) in [5, 5.41) is 7.23. The number of nitrogens with one attached hydrogen (secondary N) is 3. The van der Waals surface area contributed by atoms with E-state index in [0.717, 1.165) is 4.90 Å². The van der Waals surface area contributed by atoms with Crippen LogP contribution < -0.4 is 25.4 Å². The van der Waals surface area contributed by atoms with Gasteiger partial charge in [-0.1, -0.05) is 19.9 Å². The Balaban J connectivity index is 1.68. The molecule has 6 amide bonds. The molecule has 0 radical (unpaired) electrons. The standard InChI is InChI=1S/C18H22N4O6/c1-10(2)7-19-16(25)20-14(23)8-22-15(24)18(3,21-17(22)26)11-4-5-12-13(6-11)28-9-27-12/h4-6,10H,7-9H2,1-3H3,(H,21,26)(H2,19,20,23,25)/t18-/m1/s1. The zero-order chi connectivity index (χ0) is 20.5. The lowest BCUT2D eigenvalue weighted by atomic mass is 9.91. The van der Waals surface area contributed by atoms with E-state index in [1.165, 1.54) is 6.92 Å². The summed E-state index contributed by atoms with van der Waals surface area (Å²) in [7, 11) is 0. The van der Waals surface area contributed by atoms with Crippen molar-refractivity contribution in [3.63, 3.8) is 0 Å². The minimum absolute atomic E-state index is 0.0843. The summed E-state index contributed by atoms with van der Waals surface area (Å²) in [4.78, 5) is 49.7. The summed E-state index contributed by atoms with van der Waals surface area (Å²) in [6, 6.07) is 3.52. The van der Waals surface area contributed by atoms with Crippen LogP contribution in [-0.4, -0.2) is 48.7 Å². The molecular weight excluding hydrogens is 368 g/mol. The van der Waals surface area contributed by atoms with Crippen LogP contribution in [0.2, 0.25) is 0 Å². The summed E-state index contributed by atoms with van der Waals surface area (Å²) < 4.78 is 10.6. The topological polar surface area (TPSA) is 126 Å². The van der Waals surface area contributed by atoms with Gasteiger partial charge in [0, 0.05) is 6.54 Å². The highest BCUT2D eigenvalue weighted by Gasteiger charge is 2.50. The number of ether oxygens (including phenoxy) is 2. The molecule has 0 bridgehead atoms. The predicted octanol–water partition coefficient (Wildman–Crippen LogP) is 0.664. The van der Waals surface area contributed by atoms with Crippen LogP contribution in [0.5, 0.6) is 11.5 Å².